The van der Waals surface area contributed by atoms with Crippen LogP contribution in [0.4, 0.5) is 4.39 Å². The van der Waals surface area contributed by atoms with Gasteiger partial charge in [0.1, 0.15) is 11.5 Å². The maximum Gasteiger partial charge on any atom is 0.328 e. The zero-order chi connectivity index (χ0) is 31.6. The average Bonchev–Trinajstić information content (AvgIpc) is 3.57. The highest BCUT2D eigenvalue weighted by atomic mass is 19.1. The van der Waals surface area contributed by atoms with E-state index in [1.165, 1.54) is 18.6 Å². The summed E-state index contributed by atoms with van der Waals surface area (Å²) in [6.07, 6.45) is 12.1. The van der Waals surface area contributed by atoms with Gasteiger partial charge < -0.3 is 15.0 Å². The lowest BCUT2D eigenvalue weighted by Crippen LogP contribution is -2.59. The topological polar surface area (TPSA) is 106 Å². The number of amides is 1. The van der Waals surface area contributed by atoms with Gasteiger partial charge in [-0.25, -0.2) is 13.7 Å². The van der Waals surface area contributed by atoms with Crippen molar-refractivity contribution in [3.05, 3.63) is 89.0 Å². The normalized spacial score (nSPS) is 16.6. The summed E-state index contributed by atoms with van der Waals surface area (Å²) in [6.45, 7) is 0. The number of aromatic nitrogens is 3. The maximum absolute atomic E-state index is 13.8. The quantitative estimate of drug-likeness (QED) is 0.180. The third kappa shape index (κ3) is 6.34. The number of hydrogen-bond donors (Lipinski definition) is 2. The van der Waals surface area contributed by atoms with Crippen LogP contribution in [0.1, 0.15) is 97.4 Å². The lowest BCUT2D eigenvalue weighted by Gasteiger charge is -2.41. The van der Waals surface area contributed by atoms with Crippen LogP contribution in [-0.4, -0.2) is 42.5 Å². The van der Waals surface area contributed by atoms with Gasteiger partial charge in [0.2, 0.25) is 0 Å². The second-order valence-corrected chi connectivity index (χ2v) is 12.5. The Bertz CT molecular complexity index is 1740. The Kier molecular flexibility index (Phi) is 8.70. The van der Waals surface area contributed by atoms with Crippen LogP contribution in [0.3, 0.4) is 0 Å². The molecule has 2 aliphatic rings. The Labute approximate surface area is 261 Å². The fourth-order valence-corrected chi connectivity index (χ4v) is 6.92. The Morgan fingerprint density at radius 1 is 1.02 bits per heavy atom. The van der Waals surface area contributed by atoms with E-state index in [1.807, 2.05) is 40.4 Å². The molecule has 0 saturated heterocycles. The van der Waals surface area contributed by atoms with Gasteiger partial charge in [-0.1, -0.05) is 43.5 Å². The monoisotopic (exact) mass is 610 g/mol. The maximum atomic E-state index is 13.8. The van der Waals surface area contributed by atoms with Gasteiger partial charge in [-0.05, 0) is 86.4 Å². The van der Waals surface area contributed by atoms with E-state index in [2.05, 4.69) is 5.32 Å². The van der Waals surface area contributed by atoms with Gasteiger partial charge in [0.05, 0.1) is 16.9 Å². The number of fused-ring (bicyclic) bond motifs is 1. The molecule has 6 rings (SSSR count). The molecule has 0 bridgehead atoms. The highest BCUT2D eigenvalue weighted by Crippen LogP contribution is 2.40. The number of carbonyl (C=O) groups excluding carboxylic acids is 2. The minimum Gasteiger partial charge on any atom is -0.478 e. The van der Waals surface area contributed by atoms with Crippen molar-refractivity contribution in [3.63, 3.8) is 0 Å². The van der Waals surface area contributed by atoms with Gasteiger partial charge in [0, 0.05) is 37.1 Å². The molecule has 0 unspecified atom stereocenters. The first-order valence-electron chi connectivity index (χ1n) is 15.9. The summed E-state index contributed by atoms with van der Waals surface area (Å²) in [6, 6.07) is 15.9. The first-order chi connectivity index (χ1) is 21.7. The summed E-state index contributed by atoms with van der Waals surface area (Å²) in [4.78, 5) is 37.8. The molecule has 2 aromatic heterocycles. The van der Waals surface area contributed by atoms with Gasteiger partial charge in [0.25, 0.3) is 5.91 Å². The number of aliphatic carboxylic acids is 1. The average molecular weight is 611 g/mol. The summed E-state index contributed by atoms with van der Waals surface area (Å²) in [5, 5.41) is 16.7. The van der Waals surface area contributed by atoms with E-state index in [0.717, 1.165) is 71.9 Å². The van der Waals surface area contributed by atoms with Crippen LogP contribution in [-0.2, 0) is 23.1 Å². The van der Waals surface area contributed by atoms with Crippen LogP contribution < -0.4 is 5.32 Å². The molecule has 2 saturated carbocycles. The van der Waals surface area contributed by atoms with Crippen molar-refractivity contribution in [1.82, 2.24) is 19.5 Å². The van der Waals surface area contributed by atoms with Crippen molar-refractivity contribution in [1.29, 1.82) is 0 Å². The Morgan fingerprint density at radius 2 is 1.73 bits per heavy atom. The number of carboxylic acid groups (broad SMARTS) is 1. The second kappa shape index (κ2) is 12.8. The molecule has 2 aromatic carbocycles. The number of rotatable bonds is 11. The molecule has 9 heteroatoms. The largest absolute Gasteiger partial charge is 0.478 e. The molecule has 0 atom stereocenters. The van der Waals surface area contributed by atoms with Gasteiger partial charge in [-0.2, -0.15) is 5.10 Å². The van der Waals surface area contributed by atoms with Crippen LogP contribution in [0.5, 0.6) is 0 Å². The number of carboxylic acids is 1. The van der Waals surface area contributed by atoms with E-state index >= 15 is 0 Å². The van der Waals surface area contributed by atoms with Crippen molar-refractivity contribution in [2.75, 3.05) is 0 Å². The third-order valence-electron chi connectivity index (χ3n) is 9.54. The first-order valence-corrected chi connectivity index (χ1v) is 15.9. The van der Waals surface area contributed by atoms with Crippen molar-refractivity contribution in [2.24, 2.45) is 7.05 Å². The van der Waals surface area contributed by atoms with Crippen LogP contribution in [0, 0.1) is 5.82 Å². The van der Waals surface area contributed by atoms with Crippen LogP contribution >= 0.6 is 0 Å². The standard InChI is InChI=1S/C36H39FN4O4/c1-40-31-23-29(39-41(31)34(26-8-3-2-4-9-26)33(40)27-16-18-28(37)19-17-27)35(45)38-36(21-6-22-36)30(42)10-5-7-24-11-13-25(14-12-24)15-20-32(43)44/h11-20,23,26H,2-10,21-22H2,1H3,(H,38,45)(H,43,44). The number of carbonyl (C=O) groups is 3. The number of Topliss-reactive ketones (excluding diaryl/α,β-unsaturated/α-hetero) is 1. The first kappa shape index (κ1) is 30.5. The van der Waals surface area contributed by atoms with Gasteiger partial charge in [-0.15, -0.1) is 0 Å². The summed E-state index contributed by atoms with van der Waals surface area (Å²) < 4.78 is 17.7. The zero-order valence-electron chi connectivity index (χ0n) is 25.6. The smallest absolute Gasteiger partial charge is 0.328 e. The molecule has 0 radical (unpaired) electrons. The molecule has 45 heavy (non-hydrogen) atoms. The van der Waals surface area contributed by atoms with E-state index in [-0.39, 0.29) is 23.4 Å². The molecule has 0 spiro atoms. The fourth-order valence-electron chi connectivity index (χ4n) is 6.92. The molecule has 2 heterocycles. The highest BCUT2D eigenvalue weighted by Gasteiger charge is 2.45. The van der Waals surface area contributed by atoms with Gasteiger partial charge in [0.15, 0.2) is 11.5 Å². The lowest BCUT2D eigenvalue weighted by atomic mass is 9.72. The molecule has 4 aromatic rings. The molecular weight excluding hydrogens is 571 g/mol. The third-order valence-corrected chi connectivity index (χ3v) is 9.54. The number of aryl methyl sites for hydroxylation is 2. The highest BCUT2D eigenvalue weighted by molar-refractivity contribution is 6.00. The number of hydrogen-bond acceptors (Lipinski definition) is 4. The van der Waals surface area contributed by atoms with Crippen molar-refractivity contribution >= 4 is 29.4 Å². The van der Waals surface area contributed by atoms with Crippen LogP contribution in [0.25, 0.3) is 23.0 Å². The molecule has 234 valence electrons. The van der Waals surface area contributed by atoms with Crippen molar-refractivity contribution in [3.8, 4) is 11.3 Å². The number of ketones is 1. The lowest BCUT2D eigenvalue weighted by molar-refractivity contribution is -0.131. The predicted molar refractivity (Wildman–Crippen MR) is 170 cm³/mol. The number of imidazole rings is 1. The zero-order valence-corrected chi connectivity index (χ0v) is 25.6. The van der Waals surface area contributed by atoms with E-state index in [9.17, 15) is 18.8 Å². The van der Waals surface area contributed by atoms with E-state index in [4.69, 9.17) is 10.2 Å². The minimum absolute atomic E-state index is 0.0494. The van der Waals surface area contributed by atoms with E-state index in [1.54, 1.807) is 24.3 Å². The summed E-state index contributed by atoms with van der Waals surface area (Å²) in [5.41, 5.74) is 5.06. The molecule has 8 nitrogen and oxygen atoms in total. The number of nitrogens with zero attached hydrogens (tertiary/aromatic N) is 3. The second-order valence-electron chi connectivity index (χ2n) is 12.5. The predicted octanol–water partition coefficient (Wildman–Crippen LogP) is 6.87. The van der Waals surface area contributed by atoms with Crippen molar-refractivity contribution in [2.45, 2.75) is 82.1 Å². The molecule has 2 fully saturated rings. The summed E-state index contributed by atoms with van der Waals surface area (Å²) >= 11 is 0. The molecule has 2 N–H and O–H groups in total. The minimum atomic E-state index is -0.990. The number of benzene rings is 2. The number of halogens is 1. The summed E-state index contributed by atoms with van der Waals surface area (Å²) in [7, 11) is 1.96. The summed E-state index contributed by atoms with van der Waals surface area (Å²) in [5.74, 6) is -1.27. The SMILES string of the molecule is Cn1c(-c2ccc(F)cc2)c(C2CCCCC2)n2nc(C(=O)NC3(C(=O)CCCc4ccc(C=CC(=O)O)cc4)CCC3)cc12. The number of nitrogens with one attached hydrogen (secondary N) is 1. The van der Waals surface area contributed by atoms with Crippen LogP contribution in [0.15, 0.2) is 60.7 Å². The molecular formula is C36H39FN4O4. The van der Waals surface area contributed by atoms with E-state index in [0.29, 0.717) is 37.8 Å². The molecule has 0 aliphatic heterocycles. The van der Waals surface area contributed by atoms with Crippen molar-refractivity contribution < 1.29 is 23.9 Å². The Hall–Kier alpha value is -4.53. The fraction of sp³-hybridized carbons (Fsp3) is 0.389. The van der Waals surface area contributed by atoms with Gasteiger partial charge >= 0.3 is 5.97 Å². The Balaban J connectivity index is 1.17. The Morgan fingerprint density at radius 3 is 2.38 bits per heavy atom. The van der Waals surface area contributed by atoms with Gasteiger partial charge in [-0.3, -0.25) is 9.59 Å². The molecule has 1 amide bonds. The van der Waals surface area contributed by atoms with E-state index < -0.39 is 11.5 Å². The molecule has 2 aliphatic carbocycles. The van der Waals surface area contributed by atoms with Crippen LogP contribution in [0.2, 0.25) is 0 Å².